The number of hydrogen-bond donors (Lipinski definition) is 1. The van der Waals surface area contributed by atoms with Crippen molar-refractivity contribution < 1.29 is 9.53 Å². The summed E-state index contributed by atoms with van der Waals surface area (Å²) in [4.78, 5) is 12.3. The number of carbonyl (C=O) groups is 1. The average molecular weight is 274 g/mol. The maximum Gasteiger partial charge on any atom is 0.256 e. The van der Waals surface area contributed by atoms with Crippen LogP contribution in [0.4, 0.5) is 0 Å². The maximum atomic E-state index is 12.3. The van der Waals surface area contributed by atoms with Crippen molar-refractivity contribution in [1.82, 2.24) is 19.7 Å². The van der Waals surface area contributed by atoms with E-state index in [0.717, 1.165) is 5.82 Å². The molecule has 1 saturated heterocycles. The first-order valence-electron chi connectivity index (χ1n) is 6.60. The first kappa shape index (κ1) is 12.9. The number of rotatable bonds is 4. The van der Waals surface area contributed by atoms with Gasteiger partial charge in [0, 0.05) is 31.4 Å². The van der Waals surface area contributed by atoms with Gasteiger partial charge in [-0.05, 0) is 12.1 Å². The summed E-state index contributed by atoms with van der Waals surface area (Å²) in [6, 6.07) is 3.84. The highest BCUT2D eigenvalue weighted by Crippen LogP contribution is 2.25. The van der Waals surface area contributed by atoms with E-state index in [4.69, 9.17) is 4.74 Å². The summed E-state index contributed by atoms with van der Waals surface area (Å²) < 4.78 is 8.77. The molecule has 0 unspecified atom stereocenters. The van der Waals surface area contributed by atoms with Crippen molar-refractivity contribution in [1.29, 1.82) is 0 Å². The van der Waals surface area contributed by atoms with Crippen LogP contribution in [0, 0.1) is 5.41 Å². The smallest absolute Gasteiger partial charge is 0.256 e. The van der Waals surface area contributed by atoms with Gasteiger partial charge in [-0.1, -0.05) is 6.92 Å². The van der Waals surface area contributed by atoms with Crippen LogP contribution in [0.25, 0.3) is 5.82 Å². The lowest BCUT2D eigenvalue weighted by Crippen LogP contribution is -2.48. The molecule has 6 heteroatoms. The monoisotopic (exact) mass is 274 g/mol. The molecule has 0 aromatic carbocycles. The van der Waals surface area contributed by atoms with Crippen molar-refractivity contribution >= 4 is 5.91 Å². The summed E-state index contributed by atoms with van der Waals surface area (Å²) in [5.74, 6) is 0.664. The van der Waals surface area contributed by atoms with Gasteiger partial charge in [0.1, 0.15) is 11.4 Å². The van der Waals surface area contributed by atoms with E-state index in [9.17, 15) is 4.79 Å². The molecule has 1 amide bonds. The number of aromatic nitrogens is 3. The van der Waals surface area contributed by atoms with E-state index in [-0.39, 0.29) is 11.3 Å². The summed E-state index contributed by atoms with van der Waals surface area (Å²) in [5, 5.41) is 7.15. The maximum absolute atomic E-state index is 12.3. The molecule has 1 fully saturated rings. The van der Waals surface area contributed by atoms with Gasteiger partial charge in [0.2, 0.25) is 0 Å². The number of amides is 1. The zero-order valence-corrected chi connectivity index (χ0v) is 11.7. The molecule has 0 atom stereocenters. The van der Waals surface area contributed by atoms with Gasteiger partial charge in [-0.15, -0.1) is 0 Å². The number of hydrogen-bond acceptors (Lipinski definition) is 3. The summed E-state index contributed by atoms with van der Waals surface area (Å²) in [5.41, 5.74) is 0.637. The molecule has 0 aliphatic carbocycles. The van der Waals surface area contributed by atoms with E-state index in [0.29, 0.717) is 25.3 Å². The molecule has 1 aliphatic rings. The Morgan fingerprint density at radius 3 is 2.75 bits per heavy atom. The fourth-order valence-corrected chi connectivity index (χ4v) is 2.31. The SMILES string of the molecule is Cn1ncc(C(=O)NCC2(C)COC2)c1-n1cccc1. The van der Waals surface area contributed by atoms with Gasteiger partial charge in [0.15, 0.2) is 0 Å². The molecular formula is C14H18N4O2. The second-order valence-electron chi connectivity index (χ2n) is 5.58. The molecule has 2 aromatic rings. The highest BCUT2D eigenvalue weighted by molar-refractivity contribution is 5.97. The Balaban J connectivity index is 1.78. The molecule has 6 nitrogen and oxygen atoms in total. The van der Waals surface area contributed by atoms with Crippen molar-refractivity contribution in [2.24, 2.45) is 12.5 Å². The molecule has 2 aromatic heterocycles. The van der Waals surface area contributed by atoms with Gasteiger partial charge in [-0.2, -0.15) is 5.10 Å². The van der Waals surface area contributed by atoms with Crippen LogP contribution in [0.15, 0.2) is 30.7 Å². The second-order valence-corrected chi connectivity index (χ2v) is 5.58. The summed E-state index contributed by atoms with van der Waals surface area (Å²) in [6.07, 6.45) is 5.40. The first-order valence-corrected chi connectivity index (χ1v) is 6.60. The Morgan fingerprint density at radius 1 is 1.45 bits per heavy atom. The molecule has 1 N–H and O–H groups in total. The van der Waals surface area contributed by atoms with Gasteiger partial charge in [0.05, 0.1) is 19.4 Å². The minimum absolute atomic E-state index is 0.0610. The number of nitrogens with one attached hydrogen (secondary N) is 1. The Kier molecular flexibility index (Phi) is 3.10. The van der Waals surface area contributed by atoms with Crippen LogP contribution in [0.3, 0.4) is 0 Å². The number of nitrogens with zero attached hydrogens (tertiary/aromatic N) is 3. The van der Waals surface area contributed by atoms with Crippen LogP contribution in [-0.2, 0) is 11.8 Å². The van der Waals surface area contributed by atoms with Crippen LogP contribution in [-0.4, -0.2) is 40.0 Å². The van der Waals surface area contributed by atoms with Gasteiger partial charge >= 0.3 is 0 Å². The third-order valence-electron chi connectivity index (χ3n) is 3.58. The third-order valence-corrected chi connectivity index (χ3v) is 3.58. The van der Waals surface area contributed by atoms with Crippen molar-refractivity contribution in [2.75, 3.05) is 19.8 Å². The van der Waals surface area contributed by atoms with Crippen molar-refractivity contribution in [3.63, 3.8) is 0 Å². The predicted octanol–water partition coefficient (Wildman–Crippen LogP) is 0.977. The highest BCUT2D eigenvalue weighted by Gasteiger charge is 2.34. The zero-order valence-electron chi connectivity index (χ0n) is 11.7. The summed E-state index contributed by atoms with van der Waals surface area (Å²) in [6.45, 7) is 4.12. The van der Waals surface area contributed by atoms with Crippen molar-refractivity contribution in [3.8, 4) is 5.82 Å². The fraction of sp³-hybridized carbons (Fsp3) is 0.429. The summed E-state index contributed by atoms with van der Waals surface area (Å²) >= 11 is 0. The quantitative estimate of drug-likeness (QED) is 0.904. The third kappa shape index (κ3) is 2.22. The standard InChI is InChI=1S/C14H18N4O2/c1-14(9-20-10-14)8-15-12(19)11-7-16-17(2)13(11)18-5-3-4-6-18/h3-7H,8-10H2,1-2H3,(H,15,19). The predicted molar refractivity (Wildman–Crippen MR) is 73.8 cm³/mol. The molecule has 0 radical (unpaired) electrons. The molecule has 3 heterocycles. The number of ether oxygens (including phenoxy) is 1. The topological polar surface area (TPSA) is 61.1 Å². The number of carbonyl (C=O) groups excluding carboxylic acids is 1. The molecule has 0 saturated carbocycles. The molecule has 106 valence electrons. The van der Waals surface area contributed by atoms with Crippen LogP contribution >= 0.6 is 0 Å². The Labute approximate surface area is 117 Å². The van der Waals surface area contributed by atoms with E-state index in [1.165, 1.54) is 0 Å². The van der Waals surface area contributed by atoms with E-state index in [1.807, 2.05) is 36.1 Å². The van der Waals surface area contributed by atoms with Gasteiger partial charge in [0.25, 0.3) is 5.91 Å². The van der Waals surface area contributed by atoms with E-state index < -0.39 is 0 Å². The van der Waals surface area contributed by atoms with Gasteiger partial charge in [-0.3, -0.25) is 9.48 Å². The van der Waals surface area contributed by atoms with Crippen molar-refractivity contribution in [3.05, 3.63) is 36.3 Å². The minimum Gasteiger partial charge on any atom is -0.380 e. The molecule has 0 bridgehead atoms. The van der Waals surface area contributed by atoms with Gasteiger partial charge in [-0.25, -0.2) is 0 Å². The highest BCUT2D eigenvalue weighted by atomic mass is 16.5. The normalized spacial score (nSPS) is 16.7. The average Bonchev–Trinajstić information content (AvgIpc) is 3.02. The van der Waals surface area contributed by atoms with E-state index in [2.05, 4.69) is 17.3 Å². The minimum atomic E-state index is -0.102. The molecule has 3 rings (SSSR count). The lowest BCUT2D eigenvalue weighted by Gasteiger charge is -2.37. The van der Waals surface area contributed by atoms with Crippen LogP contribution in [0.5, 0.6) is 0 Å². The van der Waals surface area contributed by atoms with Crippen LogP contribution in [0.1, 0.15) is 17.3 Å². The fourth-order valence-electron chi connectivity index (χ4n) is 2.31. The second kappa shape index (κ2) is 4.79. The Hall–Kier alpha value is -2.08. The largest absolute Gasteiger partial charge is 0.380 e. The Morgan fingerprint density at radius 2 is 2.15 bits per heavy atom. The van der Waals surface area contributed by atoms with Crippen LogP contribution < -0.4 is 5.32 Å². The lowest BCUT2D eigenvalue weighted by molar-refractivity contribution is -0.0978. The van der Waals surface area contributed by atoms with E-state index in [1.54, 1.807) is 10.9 Å². The first-order chi connectivity index (χ1) is 9.59. The molecule has 20 heavy (non-hydrogen) atoms. The Bertz CT molecular complexity index is 611. The zero-order chi connectivity index (χ0) is 14.2. The molecule has 1 aliphatic heterocycles. The number of aryl methyl sites for hydroxylation is 1. The molecule has 0 spiro atoms. The molecular weight excluding hydrogens is 256 g/mol. The van der Waals surface area contributed by atoms with Crippen molar-refractivity contribution in [2.45, 2.75) is 6.92 Å². The summed E-state index contributed by atoms with van der Waals surface area (Å²) in [7, 11) is 1.83. The van der Waals surface area contributed by atoms with Crippen LogP contribution in [0.2, 0.25) is 0 Å². The lowest BCUT2D eigenvalue weighted by atomic mass is 9.89. The van der Waals surface area contributed by atoms with E-state index >= 15 is 0 Å². The van der Waals surface area contributed by atoms with Gasteiger partial charge < -0.3 is 14.6 Å².